The summed E-state index contributed by atoms with van der Waals surface area (Å²) in [6.07, 6.45) is -1.51. The molecule has 1 aromatic heterocycles. The first-order valence-corrected chi connectivity index (χ1v) is 7.05. The maximum absolute atomic E-state index is 12.9. The summed E-state index contributed by atoms with van der Waals surface area (Å²) in [4.78, 5) is 5.29. The number of thiazole rings is 1. The van der Waals surface area contributed by atoms with Gasteiger partial charge in [0, 0.05) is 17.5 Å². The Morgan fingerprint density at radius 2 is 2.00 bits per heavy atom. The standard InChI is InChI=1S/C14H15F3N2S/c1-18-7-6-11-9-19-13(20-11)8-10-4-2-3-5-12(10)14(15,16)17/h2-5,9,18H,6-8H2,1H3. The Morgan fingerprint density at radius 3 is 2.70 bits per heavy atom. The van der Waals surface area contributed by atoms with Gasteiger partial charge in [-0.2, -0.15) is 13.2 Å². The Balaban J connectivity index is 2.16. The molecule has 6 heteroatoms. The van der Waals surface area contributed by atoms with Crippen LogP contribution in [0, 0.1) is 0 Å². The smallest absolute Gasteiger partial charge is 0.319 e. The van der Waals surface area contributed by atoms with Crippen LogP contribution in [-0.2, 0) is 19.0 Å². The van der Waals surface area contributed by atoms with E-state index in [0.29, 0.717) is 5.01 Å². The van der Waals surface area contributed by atoms with Gasteiger partial charge in [-0.1, -0.05) is 18.2 Å². The molecular weight excluding hydrogens is 285 g/mol. The first kappa shape index (κ1) is 15.0. The highest BCUT2D eigenvalue weighted by Gasteiger charge is 2.32. The van der Waals surface area contributed by atoms with Crippen molar-refractivity contribution >= 4 is 11.3 Å². The van der Waals surface area contributed by atoms with Crippen LogP contribution in [0.25, 0.3) is 0 Å². The van der Waals surface area contributed by atoms with Crippen molar-refractivity contribution in [2.75, 3.05) is 13.6 Å². The van der Waals surface area contributed by atoms with Gasteiger partial charge in [-0.25, -0.2) is 4.98 Å². The second-order valence-corrected chi connectivity index (χ2v) is 5.61. The predicted octanol–water partition coefficient (Wildman–Crippen LogP) is 3.51. The third kappa shape index (κ3) is 3.80. The van der Waals surface area contributed by atoms with E-state index in [1.807, 2.05) is 7.05 Å². The van der Waals surface area contributed by atoms with Crippen LogP contribution in [0.3, 0.4) is 0 Å². The summed E-state index contributed by atoms with van der Waals surface area (Å²) in [6, 6.07) is 5.66. The van der Waals surface area contributed by atoms with Gasteiger partial charge in [0.05, 0.1) is 10.6 Å². The summed E-state index contributed by atoms with van der Waals surface area (Å²) >= 11 is 1.47. The van der Waals surface area contributed by atoms with Crippen molar-refractivity contribution in [1.82, 2.24) is 10.3 Å². The molecule has 2 rings (SSSR count). The van der Waals surface area contributed by atoms with Crippen LogP contribution in [0.4, 0.5) is 13.2 Å². The number of hydrogen-bond acceptors (Lipinski definition) is 3. The predicted molar refractivity (Wildman–Crippen MR) is 74.0 cm³/mol. The molecule has 0 radical (unpaired) electrons. The molecule has 0 saturated heterocycles. The molecule has 108 valence electrons. The molecule has 1 aromatic carbocycles. The summed E-state index contributed by atoms with van der Waals surface area (Å²) < 4.78 is 38.7. The zero-order chi connectivity index (χ0) is 14.6. The molecule has 1 N–H and O–H groups in total. The second-order valence-electron chi connectivity index (χ2n) is 4.41. The summed E-state index contributed by atoms with van der Waals surface area (Å²) in [5.41, 5.74) is -0.304. The van der Waals surface area contributed by atoms with Crippen LogP contribution in [-0.4, -0.2) is 18.6 Å². The lowest BCUT2D eigenvalue weighted by Crippen LogP contribution is -2.09. The van der Waals surface area contributed by atoms with Crippen molar-refractivity contribution in [2.24, 2.45) is 0 Å². The van der Waals surface area contributed by atoms with Crippen LogP contribution in [0.2, 0.25) is 0 Å². The number of hydrogen-bond donors (Lipinski definition) is 1. The molecule has 0 unspecified atom stereocenters. The molecule has 0 aliphatic heterocycles. The normalized spacial score (nSPS) is 11.8. The van der Waals surface area contributed by atoms with E-state index in [1.54, 1.807) is 12.3 Å². The van der Waals surface area contributed by atoms with Crippen LogP contribution in [0.1, 0.15) is 21.0 Å². The van der Waals surface area contributed by atoms with E-state index >= 15 is 0 Å². The lowest BCUT2D eigenvalue weighted by molar-refractivity contribution is -0.138. The van der Waals surface area contributed by atoms with Crippen molar-refractivity contribution in [1.29, 1.82) is 0 Å². The van der Waals surface area contributed by atoms with E-state index < -0.39 is 11.7 Å². The van der Waals surface area contributed by atoms with Crippen molar-refractivity contribution in [3.8, 4) is 0 Å². The molecule has 20 heavy (non-hydrogen) atoms. The molecule has 0 spiro atoms. The van der Waals surface area contributed by atoms with E-state index in [4.69, 9.17) is 0 Å². The molecule has 1 heterocycles. The number of benzene rings is 1. The lowest BCUT2D eigenvalue weighted by Gasteiger charge is -2.11. The van der Waals surface area contributed by atoms with Gasteiger partial charge in [-0.15, -0.1) is 11.3 Å². The Kier molecular flexibility index (Phi) is 4.77. The van der Waals surface area contributed by atoms with Gasteiger partial charge in [0.25, 0.3) is 0 Å². The van der Waals surface area contributed by atoms with Crippen LogP contribution in [0.15, 0.2) is 30.5 Å². The van der Waals surface area contributed by atoms with Gasteiger partial charge in [-0.05, 0) is 31.6 Å². The number of rotatable bonds is 5. The van der Waals surface area contributed by atoms with Gasteiger partial charge in [0.1, 0.15) is 0 Å². The van der Waals surface area contributed by atoms with Crippen LogP contribution >= 0.6 is 11.3 Å². The Hall–Kier alpha value is -1.40. The molecule has 0 amide bonds. The third-order valence-corrected chi connectivity index (χ3v) is 3.94. The summed E-state index contributed by atoms with van der Waals surface area (Å²) in [5, 5.41) is 3.75. The minimum absolute atomic E-state index is 0.222. The van der Waals surface area contributed by atoms with Gasteiger partial charge < -0.3 is 5.32 Å². The van der Waals surface area contributed by atoms with Gasteiger partial charge in [-0.3, -0.25) is 0 Å². The van der Waals surface area contributed by atoms with E-state index in [1.165, 1.54) is 23.5 Å². The number of nitrogens with one attached hydrogen (secondary N) is 1. The van der Waals surface area contributed by atoms with Crippen molar-refractivity contribution < 1.29 is 13.2 Å². The average molecular weight is 300 g/mol. The molecule has 0 bridgehead atoms. The molecule has 2 aromatic rings. The zero-order valence-electron chi connectivity index (χ0n) is 11.0. The largest absolute Gasteiger partial charge is 0.416 e. The molecule has 0 atom stereocenters. The highest BCUT2D eigenvalue weighted by atomic mass is 32.1. The minimum Gasteiger partial charge on any atom is -0.319 e. The summed E-state index contributed by atoms with van der Waals surface area (Å²) in [6.45, 7) is 0.834. The van der Waals surface area contributed by atoms with E-state index in [2.05, 4.69) is 10.3 Å². The number of likely N-dealkylation sites (N-methyl/N-ethyl adjacent to an activating group) is 1. The Bertz CT molecular complexity index is 564. The first-order valence-electron chi connectivity index (χ1n) is 6.24. The average Bonchev–Trinajstić information content (AvgIpc) is 2.83. The van der Waals surface area contributed by atoms with E-state index in [9.17, 15) is 13.2 Å². The molecule has 0 saturated carbocycles. The SMILES string of the molecule is CNCCc1cnc(Cc2ccccc2C(F)(F)F)s1. The van der Waals surface area contributed by atoms with Gasteiger partial charge >= 0.3 is 6.18 Å². The molecule has 0 aliphatic carbocycles. The third-order valence-electron chi connectivity index (χ3n) is 2.89. The first-order chi connectivity index (χ1) is 9.50. The van der Waals surface area contributed by atoms with Crippen molar-refractivity contribution in [3.05, 3.63) is 51.5 Å². The Morgan fingerprint density at radius 1 is 1.25 bits per heavy atom. The van der Waals surface area contributed by atoms with Crippen molar-refractivity contribution in [2.45, 2.75) is 19.0 Å². The molecular formula is C14H15F3N2S. The highest BCUT2D eigenvalue weighted by Crippen LogP contribution is 2.33. The van der Waals surface area contributed by atoms with Crippen LogP contribution < -0.4 is 5.32 Å². The minimum atomic E-state index is -4.32. The quantitative estimate of drug-likeness (QED) is 0.914. The zero-order valence-corrected chi connectivity index (χ0v) is 11.8. The summed E-state index contributed by atoms with van der Waals surface area (Å²) in [5.74, 6) is 0. The number of nitrogens with zero attached hydrogens (tertiary/aromatic N) is 1. The maximum atomic E-state index is 12.9. The van der Waals surface area contributed by atoms with Crippen molar-refractivity contribution in [3.63, 3.8) is 0 Å². The van der Waals surface area contributed by atoms with Gasteiger partial charge in [0.2, 0.25) is 0 Å². The number of alkyl halides is 3. The topological polar surface area (TPSA) is 24.9 Å². The number of halogens is 3. The molecule has 0 fully saturated rings. The lowest BCUT2D eigenvalue weighted by atomic mass is 10.0. The van der Waals surface area contributed by atoms with E-state index in [-0.39, 0.29) is 12.0 Å². The summed E-state index contributed by atoms with van der Waals surface area (Å²) in [7, 11) is 1.86. The fourth-order valence-corrected chi connectivity index (χ4v) is 2.85. The fourth-order valence-electron chi connectivity index (χ4n) is 1.91. The maximum Gasteiger partial charge on any atom is 0.416 e. The van der Waals surface area contributed by atoms with E-state index in [0.717, 1.165) is 23.9 Å². The monoisotopic (exact) mass is 300 g/mol. The highest BCUT2D eigenvalue weighted by molar-refractivity contribution is 7.11. The van der Waals surface area contributed by atoms with Gasteiger partial charge in [0.15, 0.2) is 0 Å². The Labute approximate surface area is 119 Å². The molecule has 0 aliphatic rings. The van der Waals surface area contributed by atoms with Crippen LogP contribution in [0.5, 0.6) is 0 Å². The number of aromatic nitrogens is 1. The molecule has 2 nitrogen and oxygen atoms in total. The second kappa shape index (κ2) is 6.37. The fraction of sp³-hybridized carbons (Fsp3) is 0.357.